The molecule has 24 heavy (non-hydrogen) atoms. The molecule has 2 heterocycles. The van der Waals surface area contributed by atoms with Crippen molar-refractivity contribution in [1.82, 2.24) is 15.2 Å². The summed E-state index contributed by atoms with van der Waals surface area (Å²) in [6.45, 7) is 1.75. The van der Waals surface area contributed by atoms with Crippen LogP contribution in [0.1, 0.15) is 11.6 Å². The number of aliphatic carboxylic acids is 1. The SMILES string of the molecule is Cc1nc(S/C(=C\c2ccc(-c3cccc(Br)c3)o2)C(=O)O)n[nH]1. The van der Waals surface area contributed by atoms with Gasteiger partial charge in [-0.25, -0.2) is 9.78 Å². The van der Waals surface area contributed by atoms with Crippen molar-refractivity contribution in [1.29, 1.82) is 0 Å². The maximum absolute atomic E-state index is 11.4. The monoisotopic (exact) mass is 405 g/mol. The number of benzene rings is 1. The van der Waals surface area contributed by atoms with Crippen molar-refractivity contribution in [3.05, 3.63) is 57.4 Å². The standard InChI is InChI=1S/C16H12BrN3O3S/c1-9-18-16(20-19-9)24-14(15(21)22)8-12-5-6-13(23-12)10-3-2-4-11(17)7-10/h2-8H,1H3,(H,21,22)(H,18,19,20)/b14-8-. The third-order valence-electron chi connectivity index (χ3n) is 3.00. The fraction of sp³-hybridized carbons (Fsp3) is 0.0625. The first-order chi connectivity index (χ1) is 11.5. The van der Waals surface area contributed by atoms with Crippen LogP contribution in [0.4, 0.5) is 0 Å². The van der Waals surface area contributed by atoms with Gasteiger partial charge in [0.05, 0.1) is 0 Å². The normalized spacial score (nSPS) is 11.7. The fourth-order valence-electron chi connectivity index (χ4n) is 1.96. The fourth-order valence-corrected chi connectivity index (χ4v) is 3.09. The van der Waals surface area contributed by atoms with Crippen molar-refractivity contribution in [2.24, 2.45) is 0 Å². The Bertz CT molecular complexity index is 917. The van der Waals surface area contributed by atoms with Crippen LogP contribution >= 0.6 is 27.7 Å². The summed E-state index contributed by atoms with van der Waals surface area (Å²) < 4.78 is 6.67. The minimum atomic E-state index is -1.07. The summed E-state index contributed by atoms with van der Waals surface area (Å²) >= 11 is 4.37. The number of aromatic amines is 1. The topological polar surface area (TPSA) is 92.0 Å². The molecule has 0 aliphatic rings. The van der Waals surface area contributed by atoms with Crippen LogP contribution in [0.15, 0.2) is 55.3 Å². The number of aromatic nitrogens is 3. The van der Waals surface area contributed by atoms with Crippen molar-refractivity contribution in [2.75, 3.05) is 0 Å². The number of carbonyl (C=O) groups is 1. The van der Waals surface area contributed by atoms with E-state index in [9.17, 15) is 9.90 Å². The maximum Gasteiger partial charge on any atom is 0.342 e. The van der Waals surface area contributed by atoms with Crippen molar-refractivity contribution < 1.29 is 14.3 Å². The molecule has 0 aliphatic carbocycles. The lowest BCUT2D eigenvalue weighted by atomic mass is 10.2. The number of aryl methyl sites for hydroxylation is 1. The van der Waals surface area contributed by atoms with E-state index in [1.165, 1.54) is 6.08 Å². The molecule has 0 aliphatic heterocycles. The number of carboxylic acid groups (broad SMARTS) is 1. The van der Waals surface area contributed by atoms with Gasteiger partial charge in [-0.05, 0) is 43.0 Å². The summed E-state index contributed by atoms with van der Waals surface area (Å²) in [5.74, 6) is 0.660. The Morgan fingerprint density at radius 3 is 2.88 bits per heavy atom. The number of rotatable bonds is 5. The van der Waals surface area contributed by atoms with Crippen LogP contribution in [-0.4, -0.2) is 26.3 Å². The highest BCUT2D eigenvalue weighted by Gasteiger charge is 2.14. The van der Waals surface area contributed by atoms with Gasteiger partial charge in [0.1, 0.15) is 22.3 Å². The Labute approximate surface area is 150 Å². The van der Waals surface area contributed by atoms with E-state index >= 15 is 0 Å². The third kappa shape index (κ3) is 3.95. The number of carboxylic acids is 1. The van der Waals surface area contributed by atoms with Crippen LogP contribution < -0.4 is 0 Å². The van der Waals surface area contributed by atoms with Crippen LogP contribution in [-0.2, 0) is 4.79 Å². The van der Waals surface area contributed by atoms with Crippen LogP contribution in [0.5, 0.6) is 0 Å². The van der Waals surface area contributed by atoms with Crippen molar-refractivity contribution in [3.8, 4) is 11.3 Å². The molecule has 0 saturated carbocycles. The molecule has 2 aromatic heterocycles. The number of hydrogen-bond donors (Lipinski definition) is 2. The Morgan fingerprint density at radius 1 is 1.38 bits per heavy atom. The molecule has 8 heteroatoms. The number of halogens is 1. The lowest BCUT2D eigenvalue weighted by molar-refractivity contribution is -0.131. The number of H-pyrrole nitrogens is 1. The van der Waals surface area contributed by atoms with Gasteiger partial charge in [-0.2, -0.15) is 0 Å². The van der Waals surface area contributed by atoms with Gasteiger partial charge in [0.15, 0.2) is 0 Å². The maximum atomic E-state index is 11.4. The minimum absolute atomic E-state index is 0.0733. The van der Waals surface area contributed by atoms with Gasteiger partial charge in [0.25, 0.3) is 0 Å². The molecule has 1 aromatic carbocycles. The quantitative estimate of drug-likeness (QED) is 0.484. The summed E-state index contributed by atoms with van der Waals surface area (Å²) in [6, 6.07) is 11.2. The molecule has 0 unspecified atom stereocenters. The Balaban J connectivity index is 1.86. The zero-order valence-electron chi connectivity index (χ0n) is 12.5. The molecule has 0 spiro atoms. The van der Waals surface area contributed by atoms with Gasteiger partial charge in [0, 0.05) is 16.1 Å². The molecule has 6 nitrogen and oxygen atoms in total. The van der Waals surface area contributed by atoms with E-state index in [1.807, 2.05) is 24.3 Å². The summed E-state index contributed by atoms with van der Waals surface area (Å²) in [4.78, 5) is 15.6. The number of furan rings is 1. The molecule has 0 bridgehead atoms. The Morgan fingerprint density at radius 2 is 2.21 bits per heavy atom. The molecule has 0 fully saturated rings. The highest BCUT2D eigenvalue weighted by Crippen LogP contribution is 2.29. The van der Waals surface area contributed by atoms with Gasteiger partial charge >= 0.3 is 5.97 Å². The molecule has 3 rings (SSSR count). The van der Waals surface area contributed by atoms with Crippen molar-refractivity contribution in [3.63, 3.8) is 0 Å². The van der Waals surface area contributed by atoms with E-state index in [2.05, 4.69) is 31.1 Å². The van der Waals surface area contributed by atoms with E-state index in [0.29, 0.717) is 22.5 Å². The molecule has 0 saturated heterocycles. The molecular weight excluding hydrogens is 394 g/mol. The molecule has 3 aromatic rings. The third-order valence-corrected chi connectivity index (χ3v) is 4.37. The van der Waals surface area contributed by atoms with E-state index in [-0.39, 0.29) is 4.91 Å². The van der Waals surface area contributed by atoms with Crippen LogP contribution in [0.25, 0.3) is 17.4 Å². The zero-order chi connectivity index (χ0) is 17.1. The summed E-state index contributed by atoms with van der Waals surface area (Å²) in [5, 5.41) is 16.3. The first-order valence-electron chi connectivity index (χ1n) is 6.89. The Kier molecular flexibility index (Phi) is 4.86. The number of nitrogens with one attached hydrogen (secondary N) is 1. The van der Waals surface area contributed by atoms with Crippen LogP contribution in [0.3, 0.4) is 0 Å². The lowest BCUT2D eigenvalue weighted by Gasteiger charge is -1.99. The first kappa shape index (κ1) is 16.5. The molecular formula is C16H12BrN3O3S. The lowest BCUT2D eigenvalue weighted by Crippen LogP contribution is -1.97. The minimum Gasteiger partial charge on any atom is -0.477 e. The summed E-state index contributed by atoms with van der Waals surface area (Å²) in [7, 11) is 0. The van der Waals surface area contributed by atoms with Crippen LogP contribution in [0.2, 0.25) is 0 Å². The average Bonchev–Trinajstić information content (AvgIpc) is 3.16. The molecule has 0 atom stereocenters. The van der Waals surface area contributed by atoms with Gasteiger partial charge in [-0.3, -0.25) is 5.10 Å². The van der Waals surface area contributed by atoms with E-state index in [0.717, 1.165) is 21.8 Å². The number of nitrogens with zero attached hydrogens (tertiary/aromatic N) is 2. The predicted octanol–water partition coefficient (Wildman–Crippen LogP) is 4.35. The zero-order valence-corrected chi connectivity index (χ0v) is 14.9. The van der Waals surface area contributed by atoms with Gasteiger partial charge < -0.3 is 9.52 Å². The molecule has 0 amide bonds. The smallest absolute Gasteiger partial charge is 0.342 e. The van der Waals surface area contributed by atoms with Gasteiger partial charge in [-0.15, -0.1) is 5.10 Å². The van der Waals surface area contributed by atoms with Crippen molar-refractivity contribution >= 4 is 39.7 Å². The number of thioether (sulfide) groups is 1. The second kappa shape index (κ2) is 7.06. The average molecular weight is 406 g/mol. The first-order valence-corrected chi connectivity index (χ1v) is 8.50. The molecule has 2 N–H and O–H groups in total. The van der Waals surface area contributed by atoms with Gasteiger partial charge in [0.2, 0.25) is 5.16 Å². The Hall–Kier alpha value is -2.32. The highest BCUT2D eigenvalue weighted by atomic mass is 79.9. The largest absolute Gasteiger partial charge is 0.477 e. The van der Waals surface area contributed by atoms with E-state index < -0.39 is 5.97 Å². The summed E-state index contributed by atoms with van der Waals surface area (Å²) in [6.07, 6.45) is 1.46. The van der Waals surface area contributed by atoms with E-state index in [4.69, 9.17) is 4.42 Å². The van der Waals surface area contributed by atoms with Gasteiger partial charge in [-0.1, -0.05) is 28.1 Å². The molecule has 0 radical (unpaired) electrons. The number of hydrogen-bond acceptors (Lipinski definition) is 5. The summed E-state index contributed by atoms with van der Waals surface area (Å²) in [5.41, 5.74) is 0.901. The van der Waals surface area contributed by atoms with Crippen molar-refractivity contribution in [2.45, 2.75) is 12.1 Å². The second-order valence-corrected chi connectivity index (χ2v) is 6.76. The van der Waals surface area contributed by atoms with E-state index in [1.54, 1.807) is 19.1 Å². The second-order valence-electron chi connectivity index (χ2n) is 4.83. The highest BCUT2D eigenvalue weighted by molar-refractivity contribution is 9.10. The molecule has 122 valence electrons. The van der Waals surface area contributed by atoms with Crippen LogP contribution in [0, 0.1) is 6.92 Å². The predicted molar refractivity (Wildman–Crippen MR) is 94.4 cm³/mol.